The number of hydrogen-bond donors (Lipinski definition) is 1. The Hall–Kier alpha value is -0.570. The van der Waals surface area contributed by atoms with Crippen LogP contribution in [0.5, 0.6) is 0 Å². The average Bonchev–Trinajstić information content (AvgIpc) is 2.84. The van der Waals surface area contributed by atoms with Gasteiger partial charge in [-0.25, -0.2) is 0 Å². The Kier molecular flexibility index (Phi) is 5.04. The molecule has 0 aromatic heterocycles. The molecule has 0 aliphatic heterocycles. The van der Waals surface area contributed by atoms with Crippen LogP contribution in [0.15, 0.2) is 0 Å². The van der Waals surface area contributed by atoms with Gasteiger partial charge in [0.1, 0.15) is 0 Å². The Morgan fingerprint density at radius 3 is 2.39 bits per heavy atom. The second-order valence-electron chi connectivity index (χ2n) is 6.34. The van der Waals surface area contributed by atoms with Crippen LogP contribution in [0.3, 0.4) is 0 Å². The van der Waals surface area contributed by atoms with Crippen molar-refractivity contribution in [2.45, 2.75) is 63.8 Å². The van der Waals surface area contributed by atoms with E-state index in [4.69, 9.17) is 5.73 Å². The van der Waals surface area contributed by atoms with E-state index in [-0.39, 0.29) is 6.04 Å². The van der Waals surface area contributed by atoms with Crippen LogP contribution in [-0.2, 0) is 4.79 Å². The second-order valence-corrected chi connectivity index (χ2v) is 6.34. The Labute approximate surface area is 111 Å². The van der Waals surface area contributed by atoms with Crippen molar-refractivity contribution < 1.29 is 4.79 Å². The molecule has 2 aliphatic carbocycles. The largest absolute Gasteiger partial charge is 0.345 e. The third-order valence-corrected chi connectivity index (χ3v) is 4.84. The van der Waals surface area contributed by atoms with Gasteiger partial charge in [0.25, 0.3) is 0 Å². The molecule has 0 aromatic carbocycles. The molecule has 3 nitrogen and oxygen atoms in total. The Morgan fingerprint density at radius 1 is 1.11 bits per heavy atom. The lowest BCUT2D eigenvalue weighted by atomic mass is 9.82. The van der Waals surface area contributed by atoms with Crippen molar-refractivity contribution in [2.75, 3.05) is 13.6 Å². The summed E-state index contributed by atoms with van der Waals surface area (Å²) >= 11 is 0. The summed E-state index contributed by atoms with van der Waals surface area (Å²) < 4.78 is 0. The predicted molar refractivity (Wildman–Crippen MR) is 74.1 cm³/mol. The van der Waals surface area contributed by atoms with Gasteiger partial charge in [-0.15, -0.1) is 0 Å². The summed E-state index contributed by atoms with van der Waals surface area (Å²) in [5.74, 6) is 1.49. The fourth-order valence-corrected chi connectivity index (χ4v) is 3.55. The van der Waals surface area contributed by atoms with Crippen LogP contribution < -0.4 is 5.73 Å². The predicted octanol–water partition coefficient (Wildman–Crippen LogP) is 2.54. The van der Waals surface area contributed by atoms with Gasteiger partial charge in [-0.2, -0.15) is 0 Å². The third-order valence-electron chi connectivity index (χ3n) is 4.84. The molecule has 2 N–H and O–H groups in total. The van der Waals surface area contributed by atoms with E-state index in [1.54, 1.807) is 0 Å². The normalized spacial score (nSPS) is 29.4. The van der Waals surface area contributed by atoms with E-state index in [2.05, 4.69) is 0 Å². The first-order valence-corrected chi connectivity index (χ1v) is 7.66. The van der Waals surface area contributed by atoms with Crippen LogP contribution in [0.25, 0.3) is 0 Å². The summed E-state index contributed by atoms with van der Waals surface area (Å²) in [6.07, 6.45) is 10.7. The topological polar surface area (TPSA) is 46.3 Å². The highest BCUT2D eigenvalue weighted by Crippen LogP contribution is 2.28. The van der Waals surface area contributed by atoms with E-state index in [1.807, 2.05) is 11.9 Å². The molecule has 1 amide bonds. The van der Waals surface area contributed by atoms with Crippen molar-refractivity contribution in [3.63, 3.8) is 0 Å². The number of nitrogens with two attached hydrogens (primary N) is 1. The molecule has 0 saturated heterocycles. The quantitative estimate of drug-likeness (QED) is 0.835. The third kappa shape index (κ3) is 3.71. The highest BCUT2D eigenvalue weighted by Gasteiger charge is 2.26. The fraction of sp³-hybridized carbons (Fsp3) is 0.933. The highest BCUT2D eigenvalue weighted by molar-refractivity contribution is 5.76. The van der Waals surface area contributed by atoms with Gasteiger partial charge >= 0.3 is 0 Å². The summed E-state index contributed by atoms with van der Waals surface area (Å²) in [4.78, 5) is 14.2. The maximum Gasteiger partial charge on any atom is 0.222 e. The Morgan fingerprint density at radius 2 is 1.72 bits per heavy atom. The zero-order valence-electron chi connectivity index (χ0n) is 11.7. The summed E-state index contributed by atoms with van der Waals surface area (Å²) in [7, 11) is 1.97. The molecule has 0 heterocycles. The van der Waals surface area contributed by atoms with E-state index < -0.39 is 0 Å². The summed E-state index contributed by atoms with van der Waals surface area (Å²) in [6.45, 7) is 0.959. The summed E-state index contributed by atoms with van der Waals surface area (Å²) in [5, 5.41) is 0. The van der Waals surface area contributed by atoms with Crippen LogP contribution in [0, 0.1) is 11.8 Å². The summed E-state index contributed by atoms with van der Waals surface area (Å²) in [5.41, 5.74) is 6.12. The van der Waals surface area contributed by atoms with Gasteiger partial charge in [0.2, 0.25) is 5.91 Å². The molecule has 104 valence electrons. The smallest absolute Gasteiger partial charge is 0.222 e. The number of hydrogen-bond acceptors (Lipinski definition) is 2. The van der Waals surface area contributed by atoms with Gasteiger partial charge < -0.3 is 10.6 Å². The molecular formula is C15H28N2O. The first-order chi connectivity index (χ1) is 8.66. The number of amides is 1. The molecule has 2 unspecified atom stereocenters. The van der Waals surface area contributed by atoms with Gasteiger partial charge in [-0.05, 0) is 37.5 Å². The summed E-state index contributed by atoms with van der Waals surface area (Å²) in [6, 6.07) is 0.252. The molecule has 0 aromatic rings. The maximum absolute atomic E-state index is 12.2. The molecule has 2 aliphatic rings. The van der Waals surface area contributed by atoms with Gasteiger partial charge in [-0.1, -0.05) is 25.7 Å². The zero-order valence-corrected chi connectivity index (χ0v) is 11.7. The van der Waals surface area contributed by atoms with Crippen LogP contribution >= 0.6 is 0 Å². The molecule has 0 radical (unpaired) electrons. The molecular weight excluding hydrogens is 224 g/mol. The number of carbonyl (C=O) groups is 1. The van der Waals surface area contributed by atoms with Gasteiger partial charge in [-0.3, -0.25) is 4.79 Å². The lowest BCUT2D eigenvalue weighted by Gasteiger charge is -2.30. The molecule has 0 bridgehead atoms. The van der Waals surface area contributed by atoms with Crippen molar-refractivity contribution >= 4 is 5.91 Å². The van der Waals surface area contributed by atoms with E-state index in [9.17, 15) is 4.79 Å². The van der Waals surface area contributed by atoms with Crippen LogP contribution in [-0.4, -0.2) is 30.4 Å². The average molecular weight is 252 g/mol. The number of rotatable bonds is 4. The van der Waals surface area contributed by atoms with Crippen molar-refractivity contribution in [3.05, 3.63) is 0 Å². The van der Waals surface area contributed by atoms with Gasteiger partial charge in [0.05, 0.1) is 0 Å². The Bertz CT molecular complexity index is 274. The van der Waals surface area contributed by atoms with Crippen molar-refractivity contribution in [3.8, 4) is 0 Å². The Balaban J connectivity index is 1.75. The molecule has 18 heavy (non-hydrogen) atoms. The van der Waals surface area contributed by atoms with Crippen LogP contribution in [0.1, 0.15) is 57.8 Å². The lowest BCUT2D eigenvalue weighted by molar-refractivity contribution is -0.131. The lowest BCUT2D eigenvalue weighted by Crippen LogP contribution is -2.38. The molecule has 2 fully saturated rings. The standard InChI is InChI=1S/C15H28N2O/c1-17(11-12-6-2-3-7-12)15(18)10-13-8-4-5-9-14(13)16/h12-14H,2-11,16H2,1H3. The SMILES string of the molecule is CN(CC1CCCC1)C(=O)CC1CCCCC1N. The van der Waals surface area contributed by atoms with E-state index >= 15 is 0 Å². The van der Waals surface area contributed by atoms with Crippen molar-refractivity contribution in [1.29, 1.82) is 0 Å². The van der Waals surface area contributed by atoms with Gasteiger partial charge in [0.15, 0.2) is 0 Å². The van der Waals surface area contributed by atoms with Crippen LogP contribution in [0.4, 0.5) is 0 Å². The molecule has 2 saturated carbocycles. The molecule has 2 atom stereocenters. The molecule has 3 heteroatoms. The highest BCUT2D eigenvalue weighted by atomic mass is 16.2. The van der Waals surface area contributed by atoms with E-state index in [0.29, 0.717) is 18.2 Å². The number of nitrogens with zero attached hydrogens (tertiary/aromatic N) is 1. The van der Waals surface area contributed by atoms with Crippen molar-refractivity contribution in [2.24, 2.45) is 17.6 Å². The monoisotopic (exact) mass is 252 g/mol. The van der Waals surface area contributed by atoms with E-state index in [1.165, 1.54) is 38.5 Å². The van der Waals surface area contributed by atoms with Gasteiger partial charge in [0, 0.05) is 26.1 Å². The minimum absolute atomic E-state index is 0.252. The zero-order chi connectivity index (χ0) is 13.0. The maximum atomic E-state index is 12.2. The first kappa shape index (κ1) is 13.9. The van der Waals surface area contributed by atoms with Crippen molar-refractivity contribution in [1.82, 2.24) is 4.90 Å². The fourth-order valence-electron chi connectivity index (χ4n) is 3.55. The molecule has 0 spiro atoms. The second kappa shape index (κ2) is 6.55. The number of carbonyl (C=O) groups excluding carboxylic acids is 1. The minimum Gasteiger partial charge on any atom is -0.345 e. The van der Waals surface area contributed by atoms with Crippen LogP contribution in [0.2, 0.25) is 0 Å². The first-order valence-electron chi connectivity index (χ1n) is 7.66. The van der Waals surface area contributed by atoms with E-state index in [0.717, 1.165) is 25.3 Å². The molecule has 2 rings (SSSR count). The minimum atomic E-state index is 0.252.